The number of allylic oxidation sites excluding steroid dienone is 2. The second-order valence-electron chi connectivity index (χ2n) is 6.01. The maximum Gasteiger partial charge on any atom is 0.237 e. The van der Waals surface area contributed by atoms with E-state index in [4.69, 9.17) is 0 Å². The van der Waals surface area contributed by atoms with Crippen LogP contribution in [0, 0.1) is 5.92 Å². The van der Waals surface area contributed by atoms with Crippen molar-refractivity contribution in [1.82, 2.24) is 10.6 Å². The van der Waals surface area contributed by atoms with Gasteiger partial charge in [-0.05, 0) is 58.9 Å². The van der Waals surface area contributed by atoms with Gasteiger partial charge in [0, 0.05) is 5.54 Å². The smallest absolute Gasteiger partial charge is 0.237 e. The lowest BCUT2D eigenvalue weighted by Gasteiger charge is -2.27. The summed E-state index contributed by atoms with van der Waals surface area (Å²) < 4.78 is 0. The fourth-order valence-corrected chi connectivity index (χ4v) is 2.01. The molecule has 0 spiro atoms. The standard InChI is InChI=1S/C15H28N2O/c1-5-15(3,4)17-14(18)12(2)16-11-13-9-7-6-8-10-13/h6-7,12-13,16H,5,8-11H2,1-4H3,(H,17,18). The molecular formula is C15H28N2O. The van der Waals surface area contributed by atoms with Crippen LogP contribution >= 0.6 is 0 Å². The molecule has 0 bridgehead atoms. The molecule has 0 radical (unpaired) electrons. The van der Waals surface area contributed by atoms with Gasteiger partial charge in [0.1, 0.15) is 0 Å². The lowest BCUT2D eigenvalue weighted by atomic mass is 9.94. The highest BCUT2D eigenvalue weighted by Crippen LogP contribution is 2.17. The first-order valence-corrected chi connectivity index (χ1v) is 7.15. The summed E-state index contributed by atoms with van der Waals surface area (Å²) >= 11 is 0. The van der Waals surface area contributed by atoms with Gasteiger partial charge in [0.2, 0.25) is 5.91 Å². The zero-order valence-electron chi connectivity index (χ0n) is 12.3. The van der Waals surface area contributed by atoms with E-state index in [0.29, 0.717) is 5.92 Å². The molecule has 1 amide bonds. The van der Waals surface area contributed by atoms with Crippen LogP contribution in [0.1, 0.15) is 53.4 Å². The van der Waals surface area contributed by atoms with Crippen molar-refractivity contribution in [3.8, 4) is 0 Å². The fraction of sp³-hybridized carbons (Fsp3) is 0.800. The summed E-state index contributed by atoms with van der Waals surface area (Å²) in [4.78, 5) is 12.0. The summed E-state index contributed by atoms with van der Waals surface area (Å²) in [7, 11) is 0. The van der Waals surface area contributed by atoms with Crippen LogP contribution in [0.15, 0.2) is 12.2 Å². The number of nitrogens with one attached hydrogen (secondary N) is 2. The van der Waals surface area contributed by atoms with Crippen molar-refractivity contribution in [1.29, 1.82) is 0 Å². The Balaban J connectivity index is 2.29. The fourth-order valence-electron chi connectivity index (χ4n) is 2.01. The third-order valence-corrected chi connectivity index (χ3v) is 3.83. The molecule has 2 unspecified atom stereocenters. The van der Waals surface area contributed by atoms with Gasteiger partial charge in [-0.2, -0.15) is 0 Å². The second-order valence-corrected chi connectivity index (χ2v) is 6.01. The lowest BCUT2D eigenvalue weighted by Crippen LogP contribution is -2.51. The number of carbonyl (C=O) groups is 1. The van der Waals surface area contributed by atoms with Crippen LogP contribution in [-0.2, 0) is 4.79 Å². The Hall–Kier alpha value is -0.830. The Kier molecular flexibility index (Phi) is 5.86. The van der Waals surface area contributed by atoms with Crippen molar-refractivity contribution in [3.05, 3.63) is 12.2 Å². The maximum atomic E-state index is 12.0. The topological polar surface area (TPSA) is 41.1 Å². The molecular weight excluding hydrogens is 224 g/mol. The summed E-state index contributed by atoms with van der Waals surface area (Å²) in [6.45, 7) is 9.09. The van der Waals surface area contributed by atoms with Crippen LogP contribution in [0.3, 0.4) is 0 Å². The van der Waals surface area contributed by atoms with E-state index in [1.165, 1.54) is 12.8 Å². The number of rotatable bonds is 6. The molecule has 0 aromatic rings. The molecule has 104 valence electrons. The number of hydrogen-bond acceptors (Lipinski definition) is 2. The Morgan fingerprint density at radius 2 is 2.17 bits per heavy atom. The van der Waals surface area contributed by atoms with Crippen LogP contribution < -0.4 is 10.6 Å². The van der Waals surface area contributed by atoms with Crippen molar-refractivity contribution in [2.75, 3.05) is 6.54 Å². The monoisotopic (exact) mass is 252 g/mol. The van der Waals surface area contributed by atoms with Crippen LogP contribution in [0.2, 0.25) is 0 Å². The largest absolute Gasteiger partial charge is 0.350 e. The molecule has 1 aliphatic carbocycles. The number of hydrogen-bond donors (Lipinski definition) is 2. The predicted octanol–water partition coefficient (Wildman–Crippen LogP) is 2.63. The molecule has 0 fully saturated rings. The van der Waals surface area contributed by atoms with Gasteiger partial charge in [-0.15, -0.1) is 0 Å². The van der Waals surface area contributed by atoms with Crippen molar-refractivity contribution < 1.29 is 4.79 Å². The van der Waals surface area contributed by atoms with Crippen LogP contribution in [-0.4, -0.2) is 24.0 Å². The van der Waals surface area contributed by atoms with Crippen LogP contribution in [0.4, 0.5) is 0 Å². The highest BCUT2D eigenvalue weighted by molar-refractivity contribution is 5.81. The van der Waals surface area contributed by atoms with E-state index in [1.807, 2.05) is 6.92 Å². The Labute approximate surface area is 111 Å². The summed E-state index contributed by atoms with van der Waals surface area (Å²) in [6.07, 6.45) is 8.99. The average molecular weight is 252 g/mol. The predicted molar refractivity (Wildman–Crippen MR) is 76.5 cm³/mol. The Morgan fingerprint density at radius 1 is 1.44 bits per heavy atom. The van der Waals surface area contributed by atoms with Crippen LogP contribution in [0.25, 0.3) is 0 Å². The van der Waals surface area contributed by atoms with E-state index >= 15 is 0 Å². The molecule has 0 aromatic heterocycles. The molecule has 0 saturated heterocycles. The average Bonchev–Trinajstić information content (AvgIpc) is 2.36. The van der Waals surface area contributed by atoms with E-state index in [1.54, 1.807) is 0 Å². The Morgan fingerprint density at radius 3 is 2.72 bits per heavy atom. The molecule has 0 aliphatic heterocycles. The van der Waals surface area contributed by atoms with E-state index < -0.39 is 0 Å². The third-order valence-electron chi connectivity index (χ3n) is 3.83. The highest BCUT2D eigenvalue weighted by Gasteiger charge is 2.22. The molecule has 0 heterocycles. The van der Waals surface area contributed by atoms with Gasteiger partial charge < -0.3 is 10.6 Å². The first-order chi connectivity index (χ1) is 8.44. The van der Waals surface area contributed by atoms with Gasteiger partial charge in [0.05, 0.1) is 6.04 Å². The van der Waals surface area contributed by atoms with Gasteiger partial charge in [-0.1, -0.05) is 19.1 Å². The second kappa shape index (κ2) is 6.93. The van der Waals surface area contributed by atoms with E-state index in [0.717, 1.165) is 19.4 Å². The summed E-state index contributed by atoms with van der Waals surface area (Å²) in [5.74, 6) is 0.789. The van der Waals surface area contributed by atoms with Crippen LogP contribution in [0.5, 0.6) is 0 Å². The normalized spacial score (nSPS) is 21.7. The summed E-state index contributed by atoms with van der Waals surface area (Å²) in [5, 5.41) is 6.43. The molecule has 0 aromatic carbocycles. The first-order valence-electron chi connectivity index (χ1n) is 7.15. The minimum Gasteiger partial charge on any atom is -0.350 e. The molecule has 0 saturated carbocycles. The molecule has 2 atom stereocenters. The van der Waals surface area contributed by atoms with E-state index in [-0.39, 0.29) is 17.5 Å². The number of amides is 1. The molecule has 1 aliphatic rings. The zero-order valence-corrected chi connectivity index (χ0v) is 12.3. The molecule has 18 heavy (non-hydrogen) atoms. The van der Waals surface area contributed by atoms with Gasteiger partial charge in [-0.3, -0.25) is 4.79 Å². The lowest BCUT2D eigenvalue weighted by molar-refractivity contribution is -0.124. The van der Waals surface area contributed by atoms with Gasteiger partial charge >= 0.3 is 0 Å². The Bertz CT molecular complexity index is 297. The summed E-state index contributed by atoms with van der Waals surface area (Å²) in [5.41, 5.74) is -0.111. The molecule has 3 nitrogen and oxygen atoms in total. The third kappa shape index (κ3) is 5.21. The van der Waals surface area contributed by atoms with Crippen molar-refractivity contribution >= 4 is 5.91 Å². The first kappa shape index (κ1) is 15.2. The SMILES string of the molecule is CCC(C)(C)NC(=O)C(C)NCC1CC=CCC1. The van der Waals surface area contributed by atoms with Gasteiger partial charge in [0.15, 0.2) is 0 Å². The minimum absolute atomic E-state index is 0.105. The number of carbonyl (C=O) groups excluding carboxylic acids is 1. The van der Waals surface area contributed by atoms with E-state index in [2.05, 4.69) is 43.6 Å². The highest BCUT2D eigenvalue weighted by atomic mass is 16.2. The molecule has 2 N–H and O–H groups in total. The van der Waals surface area contributed by atoms with Crippen molar-refractivity contribution in [3.63, 3.8) is 0 Å². The van der Waals surface area contributed by atoms with Crippen molar-refractivity contribution in [2.45, 2.75) is 65.0 Å². The maximum absolute atomic E-state index is 12.0. The van der Waals surface area contributed by atoms with Crippen molar-refractivity contribution in [2.24, 2.45) is 5.92 Å². The minimum atomic E-state index is -0.111. The van der Waals surface area contributed by atoms with Gasteiger partial charge in [-0.25, -0.2) is 0 Å². The van der Waals surface area contributed by atoms with E-state index in [9.17, 15) is 4.79 Å². The van der Waals surface area contributed by atoms with Gasteiger partial charge in [0.25, 0.3) is 0 Å². The quantitative estimate of drug-likeness (QED) is 0.714. The summed E-state index contributed by atoms with van der Waals surface area (Å²) in [6, 6.07) is -0.110. The zero-order chi connectivity index (χ0) is 13.6. The molecule has 1 rings (SSSR count). The molecule has 3 heteroatoms.